The van der Waals surface area contributed by atoms with E-state index in [2.05, 4.69) is 17.6 Å². The molecular weight excluding hydrogens is 614 g/mol. The minimum Gasteiger partial charge on any atom is -0.507 e. The zero-order chi connectivity index (χ0) is 34.3. The summed E-state index contributed by atoms with van der Waals surface area (Å²) in [5.41, 5.74) is 5.81. The van der Waals surface area contributed by atoms with Gasteiger partial charge in [-0.3, -0.25) is 19.2 Å². The van der Waals surface area contributed by atoms with Crippen LogP contribution in [0.25, 0.3) is 0 Å². The summed E-state index contributed by atoms with van der Waals surface area (Å²) >= 11 is 0.741. The number of benzene rings is 1. The van der Waals surface area contributed by atoms with E-state index in [1.165, 1.54) is 83.8 Å². The van der Waals surface area contributed by atoms with Gasteiger partial charge in [-0.05, 0) is 19.3 Å². The van der Waals surface area contributed by atoms with Crippen LogP contribution in [-0.2, 0) is 25.6 Å². The fourth-order valence-electron chi connectivity index (χ4n) is 5.01. The van der Waals surface area contributed by atoms with Gasteiger partial charge in [-0.15, -0.1) is 0 Å². The number of hydrogen-bond donors (Lipinski definition) is 7. The van der Waals surface area contributed by atoms with Crippen LogP contribution in [0, 0.1) is 0 Å². The van der Waals surface area contributed by atoms with Gasteiger partial charge in [0.1, 0.15) is 18.3 Å². The number of amides is 2. The molecule has 0 aliphatic rings. The molecule has 12 nitrogen and oxygen atoms in total. The third kappa shape index (κ3) is 16.9. The summed E-state index contributed by atoms with van der Waals surface area (Å²) in [6.45, 7) is 1.53. The van der Waals surface area contributed by atoms with Crippen molar-refractivity contribution in [2.45, 2.75) is 139 Å². The summed E-state index contributed by atoms with van der Waals surface area (Å²) in [5.74, 6) is -4.55. The second kappa shape index (κ2) is 24.0. The monoisotopic (exact) mass is 669 g/mol. The first-order chi connectivity index (χ1) is 22.0. The lowest BCUT2D eigenvalue weighted by atomic mass is 10.0. The summed E-state index contributed by atoms with van der Waals surface area (Å²) in [6, 6.07) is -0.0742. The third-order valence-corrected chi connectivity index (χ3v) is 8.98. The van der Waals surface area contributed by atoms with E-state index in [1.807, 2.05) is 0 Å². The number of nitrogens with two attached hydrogens (primary N) is 1. The Kier molecular flexibility index (Phi) is 21.3. The highest BCUT2D eigenvalue weighted by Gasteiger charge is 2.28. The molecule has 13 heteroatoms. The van der Waals surface area contributed by atoms with Crippen LogP contribution in [0.5, 0.6) is 17.2 Å². The maximum Gasteiger partial charge on any atom is 0.322 e. The summed E-state index contributed by atoms with van der Waals surface area (Å²) in [4.78, 5) is 47.6. The molecule has 1 aromatic rings. The number of carbonyl (C=O) groups excluding carboxylic acids is 2. The number of carboxylic acids is 2. The summed E-state index contributed by atoms with van der Waals surface area (Å²) in [7, 11) is 1.35. The largest absolute Gasteiger partial charge is 0.507 e. The van der Waals surface area contributed by atoms with Gasteiger partial charge in [0.2, 0.25) is 5.91 Å². The second-order valence-electron chi connectivity index (χ2n) is 11.6. The van der Waals surface area contributed by atoms with Gasteiger partial charge in [-0.25, -0.2) is 0 Å². The smallest absolute Gasteiger partial charge is 0.322 e. The van der Waals surface area contributed by atoms with E-state index in [0.29, 0.717) is 18.4 Å². The molecule has 0 unspecified atom stereocenters. The Morgan fingerprint density at radius 2 is 1.39 bits per heavy atom. The number of hydrogen-bond acceptors (Lipinski definition) is 9. The van der Waals surface area contributed by atoms with E-state index >= 15 is 0 Å². The van der Waals surface area contributed by atoms with Crippen molar-refractivity contribution in [1.29, 1.82) is 0 Å². The number of nitrogens with one attached hydrogen (secondary N) is 2. The van der Waals surface area contributed by atoms with Crippen LogP contribution in [0.15, 0.2) is 11.0 Å². The average Bonchev–Trinajstić information content (AvgIpc) is 3.02. The molecule has 0 aliphatic heterocycles. The van der Waals surface area contributed by atoms with Crippen molar-refractivity contribution in [2.75, 3.05) is 13.7 Å². The maximum absolute atomic E-state index is 12.9. The quantitative estimate of drug-likeness (QED) is 0.0271. The first-order valence-corrected chi connectivity index (χ1v) is 17.4. The van der Waals surface area contributed by atoms with E-state index in [-0.39, 0.29) is 35.0 Å². The van der Waals surface area contributed by atoms with Crippen LogP contribution in [-0.4, -0.2) is 69.2 Å². The molecule has 0 heterocycles. The number of aliphatic carboxylic acids is 2. The third-order valence-electron chi connectivity index (χ3n) is 7.72. The number of unbranched alkanes of at least 4 members (excludes halogenated alkanes) is 14. The van der Waals surface area contributed by atoms with Gasteiger partial charge in [0.25, 0.3) is 5.91 Å². The first kappa shape index (κ1) is 40.8. The predicted octanol–water partition coefficient (Wildman–Crippen LogP) is 5.45. The van der Waals surface area contributed by atoms with Gasteiger partial charge >= 0.3 is 11.9 Å². The van der Waals surface area contributed by atoms with Crippen LogP contribution in [0.2, 0.25) is 0 Å². The highest BCUT2D eigenvalue weighted by molar-refractivity contribution is 8.00. The number of phenolic OH excluding ortho intramolecular Hbond substituents is 2. The molecule has 0 aliphatic carbocycles. The molecule has 0 fully saturated rings. The predicted molar refractivity (Wildman–Crippen MR) is 178 cm³/mol. The van der Waals surface area contributed by atoms with Crippen LogP contribution in [0.3, 0.4) is 0 Å². The Bertz CT molecular complexity index is 1090. The normalized spacial score (nSPS) is 12.3. The molecule has 2 amide bonds. The summed E-state index contributed by atoms with van der Waals surface area (Å²) in [5, 5.41) is 43.0. The molecule has 2 atom stereocenters. The lowest BCUT2D eigenvalue weighted by Crippen LogP contribution is -2.46. The number of carbonyl (C=O) groups is 4. The Hall–Kier alpha value is -3.19. The maximum atomic E-state index is 12.9. The number of aromatic hydroxyl groups is 2. The molecule has 262 valence electrons. The van der Waals surface area contributed by atoms with Gasteiger partial charge in [0.15, 0.2) is 16.9 Å². The molecule has 46 heavy (non-hydrogen) atoms. The van der Waals surface area contributed by atoms with E-state index in [4.69, 9.17) is 20.7 Å². The summed E-state index contributed by atoms with van der Waals surface area (Å²) < 4.78 is 5.21. The molecular formula is C33H55N3O9S. The minimum atomic E-state index is -1.40. The molecule has 0 radical (unpaired) electrons. The highest BCUT2D eigenvalue weighted by atomic mass is 32.2. The number of ether oxygens (including phenoxy) is 1. The van der Waals surface area contributed by atoms with Crippen molar-refractivity contribution in [1.82, 2.24) is 10.6 Å². The van der Waals surface area contributed by atoms with Crippen molar-refractivity contribution in [3.05, 3.63) is 11.6 Å². The molecule has 0 saturated heterocycles. The van der Waals surface area contributed by atoms with Crippen molar-refractivity contribution >= 4 is 35.5 Å². The number of thioether (sulfide) groups is 1. The average molecular weight is 670 g/mol. The van der Waals surface area contributed by atoms with Gasteiger partial charge in [-0.1, -0.05) is 109 Å². The van der Waals surface area contributed by atoms with Crippen molar-refractivity contribution in [3.63, 3.8) is 0 Å². The number of carboxylic acid groups (broad SMARTS) is 2. The van der Waals surface area contributed by atoms with Crippen molar-refractivity contribution in [2.24, 2.45) is 5.73 Å². The summed E-state index contributed by atoms with van der Waals surface area (Å²) in [6.07, 6.45) is 17.9. The SMILES string of the molecule is CCCCCCCCCCCCCCCCCc1c(O)c(OC)cc(O)c1S[C@H](NC(=O)CC[C@H](N)C(=O)O)C(=O)NCC(=O)O. The Balaban J connectivity index is 2.76. The lowest BCUT2D eigenvalue weighted by molar-refractivity contribution is -0.139. The van der Waals surface area contributed by atoms with Gasteiger partial charge in [0.05, 0.1) is 12.0 Å². The molecule has 0 aromatic heterocycles. The number of phenols is 2. The first-order valence-electron chi connectivity index (χ1n) is 16.6. The van der Waals surface area contributed by atoms with Crippen LogP contribution < -0.4 is 21.1 Å². The zero-order valence-corrected chi connectivity index (χ0v) is 28.3. The number of rotatable bonds is 27. The van der Waals surface area contributed by atoms with Gasteiger partial charge in [-0.2, -0.15) is 0 Å². The van der Waals surface area contributed by atoms with E-state index in [9.17, 15) is 29.4 Å². The zero-order valence-electron chi connectivity index (χ0n) is 27.5. The van der Waals surface area contributed by atoms with Crippen LogP contribution in [0.1, 0.15) is 122 Å². The molecule has 1 rings (SSSR count). The Morgan fingerprint density at radius 1 is 0.870 bits per heavy atom. The molecule has 0 bridgehead atoms. The molecule has 0 spiro atoms. The minimum absolute atomic E-state index is 0.0522. The molecule has 1 aromatic carbocycles. The Morgan fingerprint density at radius 3 is 1.87 bits per heavy atom. The fourth-order valence-corrected chi connectivity index (χ4v) is 6.15. The lowest BCUT2D eigenvalue weighted by Gasteiger charge is -2.21. The number of methoxy groups -OCH3 is 1. The van der Waals surface area contributed by atoms with Crippen molar-refractivity contribution in [3.8, 4) is 17.2 Å². The fraction of sp³-hybridized carbons (Fsp3) is 0.697. The Labute approximate surface area is 277 Å². The topological polar surface area (TPSA) is 209 Å². The van der Waals surface area contributed by atoms with Gasteiger partial charge < -0.3 is 41.5 Å². The highest BCUT2D eigenvalue weighted by Crippen LogP contribution is 2.45. The van der Waals surface area contributed by atoms with E-state index in [0.717, 1.165) is 31.0 Å². The van der Waals surface area contributed by atoms with Crippen LogP contribution in [0.4, 0.5) is 0 Å². The standard InChI is InChI=1S/C33H55N3O9S/c1-3-4-5-6-7-8-9-10-11-12-13-14-15-16-17-18-23-29(41)26(45-2)21-25(37)30(23)46-32(31(42)35-22-28(39)40)36-27(38)20-19-24(34)33(43)44/h21,24,32,37,41H,3-20,22,34H2,1-2H3,(H,35,42)(H,36,38)(H,39,40)(H,43,44)/t24-,32-/m0/s1. The second-order valence-corrected chi connectivity index (χ2v) is 12.7. The van der Waals surface area contributed by atoms with Crippen LogP contribution >= 0.6 is 11.8 Å². The van der Waals surface area contributed by atoms with E-state index in [1.54, 1.807) is 0 Å². The van der Waals surface area contributed by atoms with Crippen molar-refractivity contribution < 1.29 is 44.3 Å². The van der Waals surface area contributed by atoms with Gasteiger partial charge in [0, 0.05) is 18.1 Å². The molecule has 0 saturated carbocycles. The molecule has 8 N–H and O–H groups in total. The van der Waals surface area contributed by atoms with E-state index < -0.39 is 41.7 Å².